The van der Waals surface area contributed by atoms with Crippen molar-refractivity contribution in [2.45, 2.75) is 10.3 Å². The second-order valence-electron chi connectivity index (χ2n) is 7.19. The van der Waals surface area contributed by atoms with Gasteiger partial charge in [-0.05, 0) is 59.5 Å². The molecule has 0 saturated heterocycles. The van der Waals surface area contributed by atoms with E-state index in [9.17, 15) is 8.42 Å². The van der Waals surface area contributed by atoms with Crippen LogP contribution in [0.4, 0.5) is 0 Å². The van der Waals surface area contributed by atoms with Gasteiger partial charge in [0.1, 0.15) is 4.21 Å². The molecule has 10 heteroatoms. The predicted molar refractivity (Wildman–Crippen MR) is 135 cm³/mol. The van der Waals surface area contributed by atoms with Crippen LogP contribution < -0.4 is 4.72 Å². The Morgan fingerprint density at radius 3 is 2.45 bits per heavy atom. The maximum Gasteiger partial charge on any atom is 0.250 e. The van der Waals surface area contributed by atoms with E-state index in [0.717, 1.165) is 32.3 Å². The summed E-state index contributed by atoms with van der Waals surface area (Å²) >= 11 is 10.8. The van der Waals surface area contributed by atoms with Gasteiger partial charge >= 0.3 is 0 Å². The third-order valence-electron chi connectivity index (χ3n) is 5.08. The Labute approximate surface area is 208 Å². The van der Waals surface area contributed by atoms with Crippen molar-refractivity contribution < 1.29 is 8.42 Å². The monoisotopic (exact) mass is 558 g/mol. The summed E-state index contributed by atoms with van der Waals surface area (Å²) in [4.78, 5) is 8.87. The molecule has 1 atom stereocenters. The molecule has 0 bridgehead atoms. The molecule has 6 nitrogen and oxygen atoms in total. The molecule has 1 unspecified atom stereocenters. The van der Waals surface area contributed by atoms with E-state index < -0.39 is 16.1 Å². The van der Waals surface area contributed by atoms with Crippen molar-refractivity contribution in [2.75, 3.05) is 0 Å². The Hall–Kier alpha value is -2.56. The van der Waals surface area contributed by atoms with Crippen LogP contribution in [0.3, 0.4) is 0 Å². The van der Waals surface area contributed by atoms with Crippen LogP contribution in [-0.2, 0) is 10.0 Å². The normalized spacial score (nSPS) is 12.8. The molecule has 0 amide bonds. The minimum atomic E-state index is -3.80. The van der Waals surface area contributed by atoms with E-state index in [4.69, 9.17) is 11.6 Å². The summed E-state index contributed by atoms with van der Waals surface area (Å²) in [7, 11) is -3.80. The van der Waals surface area contributed by atoms with Crippen molar-refractivity contribution >= 4 is 59.8 Å². The van der Waals surface area contributed by atoms with E-state index in [2.05, 4.69) is 30.6 Å². The topological polar surface area (TPSA) is 76.9 Å². The summed E-state index contributed by atoms with van der Waals surface area (Å²) in [5, 5.41) is 3.22. The molecule has 0 saturated carbocycles. The summed E-state index contributed by atoms with van der Waals surface area (Å²) in [5.41, 5.74) is 2.27. The molecule has 3 aromatic heterocycles. The Balaban J connectivity index is 1.76. The number of aromatic nitrogens is 3. The van der Waals surface area contributed by atoms with Crippen LogP contribution in [0.15, 0.2) is 93.2 Å². The van der Waals surface area contributed by atoms with Gasteiger partial charge in [-0.1, -0.05) is 45.7 Å². The molecule has 0 fully saturated rings. The Morgan fingerprint density at radius 1 is 1.00 bits per heavy atom. The van der Waals surface area contributed by atoms with Crippen LogP contribution in [0.1, 0.15) is 17.3 Å². The first kappa shape index (κ1) is 22.2. The van der Waals surface area contributed by atoms with Crippen molar-refractivity contribution in [1.82, 2.24) is 19.3 Å². The third-order valence-corrected chi connectivity index (χ3v) is 8.64. The first-order valence-electron chi connectivity index (χ1n) is 9.82. The fourth-order valence-electron chi connectivity index (χ4n) is 3.63. The smallest absolute Gasteiger partial charge is 0.250 e. The number of hydrogen-bond donors (Lipinski definition) is 1. The molecular weight excluding hydrogens is 544 g/mol. The van der Waals surface area contributed by atoms with E-state index in [1.165, 1.54) is 0 Å². The van der Waals surface area contributed by atoms with E-state index in [1.54, 1.807) is 48.1 Å². The van der Waals surface area contributed by atoms with Gasteiger partial charge in [0, 0.05) is 33.0 Å². The van der Waals surface area contributed by atoms with Gasteiger partial charge in [-0.15, -0.1) is 11.3 Å². The van der Waals surface area contributed by atoms with Crippen LogP contribution in [-0.4, -0.2) is 23.0 Å². The van der Waals surface area contributed by atoms with Crippen molar-refractivity contribution in [3.63, 3.8) is 0 Å². The molecule has 3 heterocycles. The first-order chi connectivity index (χ1) is 15.9. The highest BCUT2D eigenvalue weighted by Crippen LogP contribution is 2.34. The maximum atomic E-state index is 13.3. The number of halogens is 2. The second-order valence-corrected chi connectivity index (χ2v) is 11.4. The fourth-order valence-corrected chi connectivity index (χ4v) is 6.35. The van der Waals surface area contributed by atoms with E-state index in [0.29, 0.717) is 16.7 Å². The third kappa shape index (κ3) is 4.47. The van der Waals surface area contributed by atoms with Gasteiger partial charge in [-0.25, -0.2) is 18.4 Å². The summed E-state index contributed by atoms with van der Waals surface area (Å²) < 4.78 is 32.4. The zero-order chi connectivity index (χ0) is 23.0. The molecule has 0 aliphatic carbocycles. The van der Waals surface area contributed by atoms with Gasteiger partial charge in [0.15, 0.2) is 0 Å². The Kier molecular flexibility index (Phi) is 6.07. The highest BCUT2D eigenvalue weighted by Gasteiger charge is 2.28. The van der Waals surface area contributed by atoms with Gasteiger partial charge in [-0.3, -0.25) is 4.57 Å². The highest BCUT2D eigenvalue weighted by molar-refractivity contribution is 9.10. The number of fused-ring (bicyclic) bond motifs is 1. The van der Waals surface area contributed by atoms with Gasteiger partial charge in [0.05, 0.1) is 11.6 Å². The zero-order valence-electron chi connectivity index (χ0n) is 16.9. The maximum absolute atomic E-state index is 13.3. The standard InChI is InChI=1S/C23H16BrClN4O2S2/c24-17-6-9-19-16(13-17)14-20(29(19)23-26-10-2-11-27-23)22(15-4-7-18(25)8-5-15)28-33(30,31)21-3-1-12-32-21/h1-14,22,28H. The largest absolute Gasteiger partial charge is 0.280 e. The summed E-state index contributed by atoms with van der Waals surface area (Å²) in [6.45, 7) is 0. The molecule has 33 heavy (non-hydrogen) atoms. The lowest BCUT2D eigenvalue weighted by molar-refractivity contribution is 0.570. The molecular formula is C23H16BrClN4O2S2. The highest BCUT2D eigenvalue weighted by atomic mass is 79.9. The van der Waals surface area contributed by atoms with Crippen molar-refractivity contribution in [3.8, 4) is 5.95 Å². The van der Waals surface area contributed by atoms with Crippen molar-refractivity contribution in [2.24, 2.45) is 0 Å². The molecule has 0 spiro atoms. The number of rotatable bonds is 6. The molecule has 5 aromatic rings. The molecule has 2 aromatic carbocycles. The van der Waals surface area contributed by atoms with Crippen LogP contribution in [0.5, 0.6) is 0 Å². The Morgan fingerprint density at radius 2 is 1.76 bits per heavy atom. The lowest BCUT2D eigenvalue weighted by Gasteiger charge is -2.21. The van der Waals surface area contributed by atoms with E-state index in [-0.39, 0.29) is 4.21 Å². The number of hydrogen-bond acceptors (Lipinski definition) is 5. The zero-order valence-corrected chi connectivity index (χ0v) is 20.9. The van der Waals surface area contributed by atoms with E-state index >= 15 is 0 Å². The number of benzene rings is 2. The molecule has 166 valence electrons. The van der Waals surface area contributed by atoms with Gasteiger partial charge in [-0.2, -0.15) is 4.72 Å². The molecule has 0 aliphatic heterocycles. The molecule has 5 rings (SSSR count). The second kappa shape index (κ2) is 9.00. The summed E-state index contributed by atoms with van der Waals surface area (Å²) in [6.07, 6.45) is 3.31. The Bertz CT molecular complexity index is 1520. The number of thiophene rings is 1. The first-order valence-corrected chi connectivity index (χ1v) is 13.4. The van der Waals surface area contributed by atoms with Crippen LogP contribution in [0.25, 0.3) is 16.9 Å². The summed E-state index contributed by atoms with van der Waals surface area (Å²) in [6, 6.07) is 19.2. The lowest BCUT2D eigenvalue weighted by Crippen LogP contribution is -2.30. The average molecular weight is 560 g/mol. The molecule has 0 aliphatic rings. The van der Waals surface area contributed by atoms with Gasteiger partial charge in [0.25, 0.3) is 10.0 Å². The van der Waals surface area contributed by atoms with Crippen LogP contribution >= 0.6 is 38.9 Å². The quantitative estimate of drug-likeness (QED) is 0.278. The SMILES string of the molecule is O=S(=O)(NC(c1ccc(Cl)cc1)c1cc2cc(Br)ccc2n1-c1ncccn1)c1cccs1. The van der Waals surface area contributed by atoms with Gasteiger partial charge in [0.2, 0.25) is 5.95 Å². The number of sulfonamides is 1. The average Bonchev–Trinajstić information content (AvgIpc) is 3.47. The van der Waals surface area contributed by atoms with Crippen molar-refractivity contribution in [3.05, 3.63) is 105 Å². The van der Waals surface area contributed by atoms with E-state index in [1.807, 2.05) is 41.0 Å². The fraction of sp³-hybridized carbons (Fsp3) is 0.0435. The number of nitrogens with one attached hydrogen (secondary N) is 1. The number of nitrogens with zero attached hydrogens (tertiary/aromatic N) is 3. The van der Waals surface area contributed by atoms with Gasteiger partial charge < -0.3 is 0 Å². The van der Waals surface area contributed by atoms with Crippen LogP contribution in [0, 0.1) is 0 Å². The lowest BCUT2D eigenvalue weighted by atomic mass is 10.0. The minimum absolute atomic E-state index is 0.239. The van der Waals surface area contributed by atoms with Crippen molar-refractivity contribution in [1.29, 1.82) is 0 Å². The predicted octanol–water partition coefficient (Wildman–Crippen LogP) is 5.97. The summed E-state index contributed by atoms with van der Waals surface area (Å²) in [5.74, 6) is 0.444. The minimum Gasteiger partial charge on any atom is -0.280 e. The molecule has 1 N–H and O–H groups in total. The molecule has 0 radical (unpaired) electrons. The van der Waals surface area contributed by atoms with Crippen LogP contribution in [0.2, 0.25) is 5.02 Å².